The molecule has 144 valence electrons. The van der Waals surface area contributed by atoms with Crippen LogP contribution in [-0.2, 0) is 0 Å². The van der Waals surface area contributed by atoms with Gasteiger partial charge in [0.15, 0.2) is 34.5 Å². The summed E-state index contributed by atoms with van der Waals surface area (Å²) in [5, 5.41) is 13.5. The molecule has 6 nitrogen and oxygen atoms in total. The summed E-state index contributed by atoms with van der Waals surface area (Å²) >= 11 is 1.71. The van der Waals surface area contributed by atoms with Crippen molar-refractivity contribution in [3.8, 4) is 23.0 Å². The Morgan fingerprint density at radius 2 is 1.72 bits per heavy atom. The van der Waals surface area contributed by atoms with Gasteiger partial charge in [0.2, 0.25) is 0 Å². The van der Waals surface area contributed by atoms with E-state index in [2.05, 4.69) is 10.3 Å². The molecule has 0 unspecified atom stereocenters. The normalized spacial score (nSPS) is 10.5. The standard InChI is InChI=1S/C22H15IN2O4/c23-29-21-12-17-18(13-19(21)26)24-11-10-20(17)28-16-8-6-15(7-9-16)25-22(27)14-4-2-1-3-5-14/h1-13,26H,(H,25,27). The van der Waals surface area contributed by atoms with Crippen LogP contribution in [0.2, 0.25) is 0 Å². The highest BCUT2D eigenvalue weighted by Crippen LogP contribution is 2.37. The van der Waals surface area contributed by atoms with Crippen LogP contribution in [0.3, 0.4) is 0 Å². The fourth-order valence-corrected chi connectivity index (χ4v) is 3.17. The molecule has 0 bridgehead atoms. The van der Waals surface area contributed by atoms with Crippen LogP contribution in [0.4, 0.5) is 5.69 Å². The molecule has 0 aliphatic rings. The third kappa shape index (κ3) is 4.24. The molecule has 0 aliphatic heterocycles. The maximum Gasteiger partial charge on any atom is 0.255 e. The van der Waals surface area contributed by atoms with Crippen molar-refractivity contribution in [3.05, 3.63) is 84.6 Å². The molecule has 1 amide bonds. The third-order valence-electron chi connectivity index (χ3n) is 4.24. The van der Waals surface area contributed by atoms with Crippen molar-refractivity contribution in [2.75, 3.05) is 5.32 Å². The molecular weight excluding hydrogens is 483 g/mol. The quantitative estimate of drug-likeness (QED) is 0.345. The lowest BCUT2D eigenvalue weighted by molar-refractivity contribution is 0.102. The zero-order valence-corrected chi connectivity index (χ0v) is 17.2. The smallest absolute Gasteiger partial charge is 0.255 e. The van der Waals surface area contributed by atoms with Crippen molar-refractivity contribution in [3.63, 3.8) is 0 Å². The van der Waals surface area contributed by atoms with Gasteiger partial charge in [-0.15, -0.1) is 0 Å². The summed E-state index contributed by atoms with van der Waals surface area (Å²) in [5.41, 5.74) is 1.84. The van der Waals surface area contributed by atoms with E-state index < -0.39 is 0 Å². The number of phenolic OH excluding ortho intramolecular Hbond substituents is 1. The van der Waals surface area contributed by atoms with Gasteiger partial charge >= 0.3 is 0 Å². The van der Waals surface area contributed by atoms with Crippen molar-refractivity contribution in [2.45, 2.75) is 0 Å². The van der Waals surface area contributed by atoms with Crippen molar-refractivity contribution in [1.29, 1.82) is 0 Å². The number of benzene rings is 3. The molecule has 29 heavy (non-hydrogen) atoms. The van der Waals surface area contributed by atoms with Crippen LogP contribution in [0.15, 0.2) is 79.0 Å². The number of hydrogen-bond acceptors (Lipinski definition) is 5. The molecule has 4 aromatic rings. The number of phenols is 1. The van der Waals surface area contributed by atoms with Gasteiger partial charge in [0.25, 0.3) is 5.91 Å². The van der Waals surface area contributed by atoms with Gasteiger partial charge in [-0.05, 0) is 48.5 Å². The maximum absolute atomic E-state index is 12.2. The van der Waals surface area contributed by atoms with E-state index in [-0.39, 0.29) is 11.7 Å². The largest absolute Gasteiger partial charge is 0.504 e. The van der Waals surface area contributed by atoms with Crippen LogP contribution in [0.25, 0.3) is 10.9 Å². The number of aromatic hydroxyl groups is 1. The highest BCUT2D eigenvalue weighted by atomic mass is 127. The lowest BCUT2D eigenvalue weighted by Gasteiger charge is -2.11. The van der Waals surface area contributed by atoms with Gasteiger partial charge in [-0.25, -0.2) is 0 Å². The Hall–Kier alpha value is -3.33. The highest BCUT2D eigenvalue weighted by molar-refractivity contribution is 14.1. The predicted octanol–water partition coefficient (Wildman–Crippen LogP) is 5.71. The number of hydrogen-bond donors (Lipinski definition) is 2. The number of ether oxygens (including phenoxy) is 1. The molecule has 0 saturated carbocycles. The number of rotatable bonds is 5. The first-order chi connectivity index (χ1) is 14.1. The summed E-state index contributed by atoms with van der Waals surface area (Å²) in [4.78, 5) is 16.5. The van der Waals surface area contributed by atoms with E-state index in [1.54, 1.807) is 77.7 Å². The molecule has 0 saturated heterocycles. The molecule has 1 aromatic heterocycles. The van der Waals surface area contributed by atoms with Crippen LogP contribution < -0.4 is 13.1 Å². The Labute approximate surface area is 180 Å². The number of carbonyl (C=O) groups excluding carboxylic acids is 1. The second kappa shape index (κ2) is 8.36. The number of anilines is 1. The minimum atomic E-state index is -0.175. The molecule has 0 spiro atoms. The molecule has 0 aliphatic carbocycles. The fraction of sp³-hybridized carbons (Fsp3) is 0. The molecule has 0 radical (unpaired) electrons. The molecule has 4 rings (SSSR count). The first-order valence-corrected chi connectivity index (χ1v) is 9.57. The van der Waals surface area contributed by atoms with Crippen molar-refractivity contribution in [2.24, 2.45) is 0 Å². The fourth-order valence-electron chi connectivity index (χ4n) is 2.81. The van der Waals surface area contributed by atoms with Gasteiger partial charge in [-0.2, -0.15) is 0 Å². The second-order valence-electron chi connectivity index (χ2n) is 6.17. The van der Waals surface area contributed by atoms with Crippen molar-refractivity contribution in [1.82, 2.24) is 4.98 Å². The van der Waals surface area contributed by atoms with E-state index in [1.165, 1.54) is 6.07 Å². The van der Waals surface area contributed by atoms with Gasteiger partial charge in [-0.3, -0.25) is 9.78 Å². The lowest BCUT2D eigenvalue weighted by atomic mass is 10.2. The van der Waals surface area contributed by atoms with E-state index in [0.29, 0.717) is 39.4 Å². The minimum Gasteiger partial charge on any atom is -0.504 e. The maximum atomic E-state index is 12.2. The Morgan fingerprint density at radius 1 is 0.966 bits per heavy atom. The Balaban J connectivity index is 1.54. The number of pyridine rings is 1. The van der Waals surface area contributed by atoms with E-state index >= 15 is 0 Å². The number of aromatic nitrogens is 1. The number of nitrogens with one attached hydrogen (secondary N) is 1. The SMILES string of the molecule is O=C(Nc1ccc(Oc2ccnc3cc(O)c(OI)cc23)cc1)c1ccccc1. The van der Waals surface area contributed by atoms with Crippen LogP contribution >= 0.6 is 23.0 Å². The molecule has 1 heterocycles. The minimum absolute atomic E-state index is 0.00932. The average molecular weight is 498 g/mol. The number of carbonyl (C=O) groups is 1. The average Bonchev–Trinajstić information content (AvgIpc) is 2.75. The third-order valence-corrected chi connectivity index (χ3v) is 4.72. The molecule has 7 heteroatoms. The summed E-state index contributed by atoms with van der Waals surface area (Å²) in [6, 6.07) is 21.0. The molecular formula is C22H15IN2O4. The summed E-state index contributed by atoms with van der Waals surface area (Å²) in [5.74, 6) is 1.33. The summed E-state index contributed by atoms with van der Waals surface area (Å²) in [6.07, 6.45) is 1.61. The zero-order chi connectivity index (χ0) is 20.2. The summed E-state index contributed by atoms with van der Waals surface area (Å²) in [7, 11) is 0. The lowest BCUT2D eigenvalue weighted by Crippen LogP contribution is -2.11. The molecule has 0 fully saturated rings. The van der Waals surface area contributed by atoms with Crippen LogP contribution in [-0.4, -0.2) is 16.0 Å². The van der Waals surface area contributed by atoms with Gasteiger partial charge < -0.3 is 18.2 Å². The molecule has 2 N–H and O–H groups in total. The summed E-state index contributed by atoms with van der Waals surface area (Å²) < 4.78 is 11.1. The Morgan fingerprint density at radius 3 is 2.45 bits per heavy atom. The van der Waals surface area contributed by atoms with Crippen molar-refractivity contribution < 1.29 is 17.7 Å². The van der Waals surface area contributed by atoms with E-state index in [4.69, 9.17) is 7.80 Å². The van der Waals surface area contributed by atoms with E-state index in [1.807, 2.05) is 18.2 Å². The second-order valence-corrected chi connectivity index (χ2v) is 6.61. The first kappa shape index (κ1) is 19.0. The molecule has 3 aromatic carbocycles. The predicted molar refractivity (Wildman–Crippen MR) is 119 cm³/mol. The highest BCUT2D eigenvalue weighted by Gasteiger charge is 2.11. The van der Waals surface area contributed by atoms with E-state index in [0.717, 1.165) is 0 Å². The Kier molecular flexibility index (Phi) is 5.48. The van der Waals surface area contributed by atoms with Gasteiger partial charge in [0, 0.05) is 28.9 Å². The van der Waals surface area contributed by atoms with Crippen LogP contribution in [0.5, 0.6) is 23.0 Å². The number of amides is 1. The van der Waals surface area contributed by atoms with Crippen LogP contribution in [0.1, 0.15) is 10.4 Å². The monoisotopic (exact) mass is 498 g/mol. The Bertz CT molecular complexity index is 1160. The van der Waals surface area contributed by atoms with Gasteiger partial charge in [0.1, 0.15) is 11.5 Å². The topological polar surface area (TPSA) is 80.7 Å². The summed E-state index contributed by atoms with van der Waals surface area (Å²) in [6.45, 7) is 0. The number of nitrogens with zero attached hydrogens (tertiary/aromatic N) is 1. The molecule has 0 atom stereocenters. The van der Waals surface area contributed by atoms with Gasteiger partial charge in [0.05, 0.1) is 5.52 Å². The number of fused-ring (bicyclic) bond motifs is 1. The number of halogens is 1. The van der Waals surface area contributed by atoms with E-state index in [9.17, 15) is 9.90 Å². The zero-order valence-electron chi connectivity index (χ0n) is 15.0. The first-order valence-electron chi connectivity index (χ1n) is 8.68. The van der Waals surface area contributed by atoms with Crippen LogP contribution in [0, 0.1) is 0 Å². The van der Waals surface area contributed by atoms with Gasteiger partial charge in [-0.1, -0.05) is 18.2 Å². The van der Waals surface area contributed by atoms with Crippen molar-refractivity contribution >= 4 is 45.5 Å².